The Balaban J connectivity index is 1.76. The molecule has 118 valence electrons. The molecule has 0 amide bonds. The Morgan fingerprint density at radius 3 is 2.71 bits per heavy atom. The number of rotatable bonds is 7. The summed E-state index contributed by atoms with van der Waals surface area (Å²) in [5, 5.41) is 0. The largest absolute Gasteiger partial charge is 0.492 e. The maximum atomic E-state index is 12.0. The van der Waals surface area contributed by atoms with E-state index >= 15 is 0 Å². The molecule has 0 bridgehead atoms. The molecule has 0 spiro atoms. The molecular formula is C15H24N2O3S. The van der Waals surface area contributed by atoms with Gasteiger partial charge in [-0.1, -0.05) is 25.8 Å². The third-order valence-corrected chi connectivity index (χ3v) is 5.30. The van der Waals surface area contributed by atoms with Crippen LogP contribution in [0.25, 0.3) is 0 Å². The van der Waals surface area contributed by atoms with E-state index in [2.05, 4.69) is 11.6 Å². The van der Waals surface area contributed by atoms with E-state index in [4.69, 9.17) is 10.5 Å². The smallest absolute Gasteiger partial charge is 0.214 e. The summed E-state index contributed by atoms with van der Waals surface area (Å²) in [7, 11) is -3.29. The highest BCUT2D eigenvalue weighted by Gasteiger charge is 2.29. The van der Waals surface area contributed by atoms with Crippen LogP contribution in [0.5, 0.6) is 5.75 Å². The summed E-state index contributed by atoms with van der Waals surface area (Å²) in [6.07, 6.45) is 4.57. The summed E-state index contributed by atoms with van der Waals surface area (Å²) in [4.78, 5) is 0. The molecule has 1 fully saturated rings. The van der Waals surface area contributed by atoms with E-state index in [1.165, 1.54) is 12.8 Å². The number of ether oxygens (including phenoxy) is 1. The summed E-state index contributed by atoms with van der Waals surface area (Å²) in [6, 6.07) is 6.97. The number of hydrogen-bond acceptors (Lipinski definition) is 4. The fourth-order valence-corrected chi connectivity index (χ4v) is 3.65. The first-order valence-electron chi connectivity index (χ1n) is 7.34. The number of nitrogens with two attached hydrogens (primary N) is 1. The molecule has 0 aromatic heterocycles. The van der Waals surface area contributed by atoms with Crippen LogP contribution in [0.15, 0.2) is 24.3 Å². The van der Waals surface area contributed by atoms with Gasteiger partial charge >= 0.3 is 0 Å². The van der Waals surface area contributed by atoms with Crippen molar-refractivity contribution in [2.24, 2.45) is 5.41 Å². The van der Waals surface area contributed by atoms with E-state index in [1.807, 2.05) is 0 Å². The SMILES string of the molecule is CC1(CNS(=O)(=O)CCOc2cccc(N)c2)CCCC1. The molecule has 21 heavy (non-hydrogen) atoms. The molecular weight excluding hydrogens is 288 g/mol. The fourth-order valence-electron chi connectivity index (χ4n) is 2.64. The molecule has 0 unspecified atom stereocenters. The lowest BCUT2D eigenvalue weighted by Crippen LogP contribution is -2.36. The molecule has 1 aromatic carbocycles. The average molecular weight is 312 g/mol. The van der Waals surface area contributed by atoms with Crippen molar-refractivity contribution in [3.05, 3.63) is 24.3 Å². The third kappa shape index (κ3) is 5.21. The number of benzene rings is 1. The molecule has 2 rings (SSSR count). The summed E-state index contributed by atoms with van der Waals surface area (Å²) >= 11 is 0. The maximum absolute atomic E-state index is 12.0. The van der Waals surface area contributed by atoms with Crippen LogP contribution in [0, 0.1) is 5.41 Å². The Morgan fingerprint density at radius 1 is 1.33 bits per heavy atom. The van der Waals surface area contributed by atoms with Gasteiger partial charge in [0.1, 0.15) is 12.4 Å². The summed E-state index contributed by atoms with van der Waals surface area (Å²) in [6.45, 7) is 2.79. The Bertz CT molecular complexity index is 566. The normalized spacial score (nSPS) is 17.8. The van der Waals surface area contributed by atoms with Crippen LogP contribution in [0.3, 0.4) is 0 Å². The minimum atomic E-state index is -3.29. The third-order valence-electron chi connectivity index (χ3n) is 4.01. The predicted molar refractivity (Wildman–Crippen MR) is 84.7 cm³/mol. The highest BCUT2D eigenvalue weighted by Crippen LogP contribution is 2.36. The van der Waals surface area contributed by atoms with Gasteiger partial charge in [0.15, 0.2) is 0 Å². The molecule has 1 aliphatic rings. The van der Waals surface area contributed by atoms with Crippen molar-refractivity contribution in [2.75, 3.05) is 24.6 Å². The van der Waals surface area contributed by atoms with Crippen molar-refractivity contribution in [1.82, 2.24) is 4.72 Å². The fraction of sp³-hybridized carbons (Fsp3) is 0.600. The van der Waals surface area contributed by atoms with Gasteiger partial charge in [0.25, 0.3) is 0 Å². The summed E-state index contributed by atoms with van der Waals surface area (Å²) < 4.78 is 32.1. The molecule has 0 atom stereocenters. The van der Waals surface area contributed by atoms with Gasteiger partial charge in [-0.25, -0.2) is 13.1 Å². The van der Waals surface area contributed by atoms with E-state index in [0.29, 0.717) is 18.0 Å². The maximum Gasteiger partial charge on any atom is 0.214 e. The van der Waals surface area contributed by atoms with Gasteiger partial charge in [-0.15, -0.1) is 0 Å². The van der Waals surface area contributed by atoms with Crippen molar-refractivity contribution in [2.45, 2.75) is 32.6 Å². The van der Waals surface area contributed by atoms with E-state index in [0.717, 1.165) is 12.8 Å². The topological polar surface area (TPSA) is 81.4 Å². The molecule has 0 heterocycles. The Hall–Kier alpha value is -1.27. The van der Waals surface area contributed by atoms with Crippen LogP contribution in [0.2, 0.25) is 0 Å². The standard InChI is InChI=1S/C15H24N2O3S/c1-15(7-2-3-8-15)12-17-21(18,19)10-9-20-14-6-4-5-13(16)11-14/h4-6,11,17H,2-3,7-10,12,16H2,1H3. The minimum absolute atomic E-state index is 0.0438. The molecule has 1 saturated carbocycles. The van der Waals surface area contributed by atoms with Crippen LogP contribution in [0.1, 0.15) is 32.6 Å². The van der Waals surface area contributed by atoms with Crippen LogP contribution >= 0.6 is 0 Å². The molecule has 5 nitrogen and oxygen atoms in total. The van der Waals surface area contributed by atoms with E-state index < -0.39 is 10.0 Å². The molecule has 1 aromatic rings. The van der Waals surface area contributed by atoms with E-state index in [1.54, 1.807) is 24.3 Å². The highest BCUT2D eigenvalue weighted by atomic mass is 32.2. The second kappa shape index (κ2) is 6.66. The number of nitrogens with one attached hydrogen (secondary N) is 1. The van der Waals surface area contributed by atoms with Crippen LogP contribution in [0.4, 0.5) is 5.69 Å². The van der Waals surface area contributed by atoms with Crippen LogP contribution in [-0.4, -0.2) is 27.3 Å². The molecule has 0 aliphatic heterocycles. The Morgan fingerprint density at radius 2 is 2.05 bits per heavy atom. The van der Waals surface area contributed by atoms with Gasteiger partial charge < -0.3 is 10.5 Å². The zero-order valence-corrected chi connectivity index (χ0v) is 13.3. The molecule has 6 heteroatoms. The first-order chi connectivity index (χ1) is 9.89. The average Bonchev–Trinajstić information content (AvgIpc) is 2.84. The van der Waals surface area contributed by atoms with Gasteiger partial charge in [-0.2, -0.15) is 0 Å². The molecule has 0 radical (unpaired) electrons. The van der Waals surface area contributed by atoms with Crippen molar-refractivity contribution >= 4 is 15.7 Å². The quantitative estimate of drug-likeness (QED) is 0.756. The van der Waals surface area contributed by atoms with Gasteiger partial charge in [0.2, 0.25) is 10.0 Å². The number of sulfonamides is 1. The van der Waals surface area contributed by atoms with E-state index in [9.17, 15) is 8.42 Å². The van der Waals surface area contributed by atoms with Crippen LogP contribution in [-0.2, 0) is 10.0 Å². The Labute approximate surface area is 126 Å². The number of hydrogen-bond donors (Lipinski definition) is 2. The van der Waals surface area contributed by atoms with Gasteiger partial charge in [0, 0.05) is 18.3 Å². The minimum Gasteiger partial charge on any atom is -0.492 e. The van der Waals surface area contributed by atoms with Gasteiger partial charge in [-0.05, 0) is 30.4 Å². The second-order valence-corrected chi connectivity index (χ2v) is 8.01. The lowest BCUT2D eigenvalue weighted by molar-refractivity contribution is 0.329. The highest BCUT2D eigenvalue weighted by molar-refractivity contribution is 7.89. The molecule has 1 aliphatic carbocycles. The number of anilines is 1. The Kier molecular flexibility index (Phi) is 5.11. The molecule has 0 saturated heterocycles. The monoisotopic (exact) mass is 312 g/mol. The summed E-state index contributed by atoms with van der Waals surface area (Å²) in [5.74, 6) is 0.547. The number of nitrogen functional groups attached to an aromatic ring is 1. The lowest BCUT2D eigenvalue weighted by atomic mass is 9.89. The van der Waals surface area contributed by atoms with Crippen molar-refractivity contribution in [3.63, 3.8) is 0 Å². The first-order valence-corrected chi connectivity index (χ1v) is 9.00. The first kappa shape index (κ1) is 16.1. The van der Waals surface area contributed by atoms with Crippen molar-refractivity contribution < 1.29 is 13.2 Å². The van der Waals surface area contributed by atoms with E-state index in [-0.39, 0.29) is 17.8 Å². The van der Waals surface area contributed by atoms with Crippen molar-refractivity contribution in [1.29, 1.82) is 0 Å². The van der Waals surface area contributed by atoms with Crippen LogP contribution < -0.4 is 15.2 Å². The zero-order chi connectivity index (χ0) is 15.3. The van der Waals surface area contributed by atoms with Gasteiger partial charge in [0.05, 0.1) is 5.75 Å². The summed E-state index contributed by atoms with van der Waals surface area (Å²) in [5.41, 5.74) is 6.35. The predicted octanol–water partition coefficient (Wildman–Crippen LogP) is 2.15. The van der Waals surface area contributed by atoms with Crippen molar-refractivity contribution in [3.8, 4) is 5.75 Å². The zero-order valence-electron chi connectivity index (χ0n) is 12.5. The molecule has 3 N–H and O–H groups in total. The lowest BCUT2D eigenvalue weighted by Gasteiger charge is -2.23. The van der Waals surface area contributed by atoms with Gasteiger partial charge in [-0.3, -0.25) is 0 Å². The second-order valence-electron chi connectivity index (χ2n) is 6.08.